The summed E-state index contributed by atoms with van der Waals surface area (Å²) in [6.07, 6.45) is 5.88. The quantitative estimate of drug-likeness (QED) is 0.622. The maximum atomic E-state index is 5.48. The molecule has 0 aliphatic heterocycles. The van der Waals surface area contributed by atoms with Crippen molar-refractivity contribution in [1.29, 1.82) is 0 Å². The third kappa shape index (κ3) is 3.38. The number of rotatable bonds is 5. The van der Waals surface area contributed by atoms with E-state index < -0.39 is 0 Å². The zero-order valence-corrected chi connectivity index (χ0v) is 16.2. The highest BCUT2D eigenvalue weighted by atomic mass is 32.2. The summed E-state index contributed by atoms with van der Waals surface area (Å²) in [5.41, 5.74) is 0.904. The molecule has 136 valence electrons. The number of pyridine rings is 1. The lowest BCUT2D eigenvalue weighted by molar-refractivity contribution is 0.364. The first-order valence-electron chi connectivity index (χ1n) is 8.79. The van der Waals surface area contributed by atoms with Crippen LogP contribution in [-0.2, 0) is 5.41 Å². The molecule has 3 aromatic heterocycles. The minimum Gasteiger partial charge on any atom is -0.338 e. The maximum Gasteiger partial charge on any atom is 0.239 e. The Bertz CT molecular complexity index is 894. The van der Waals surface area contributed by atoms with Crippen LogP contribution in [0.3, 0.4) is 0 Å². The van der Waals surface area contributed by atoms with Gasteiger partial charge in [-0.1, -0.05) is 37.7 Å². The molecular formula is C18H22N6OS. The first-order chi connectivity index (χ1) is 12.4. The van der Waals surface area contributed by atoms with Gasteiger partial charge in [-0.05, 0) is 31.9 Å². The molecule has 1 aliphatic rings. The van der Waals surface area contributed by atoms with Crippen molar-refractivity contribution >= 4 is 11.8 Å². The minimum atomic E-state index is -0.130. The predicted octanol–water partition coefficient (Wildman–Crippen LogP) is 4.21. The molecule has 4 rings (SSSR count). The zero-order valence-electron chi connectivity index (χ0n) is 15.4. The van der Waals surface area contributed by atoms with Crippen LogP contribution < -0.4 is 0 Å². The van der Waals surface area contributed by atoms with E-state index in [2.05, 4.69) is 57.6 Å². The van der Waals surface area contributed by atoms with Gasteiger partial charge in [-0.3, -0.25) is 9.55 Å². The van der Waals surface area contributed by atoms with Crippen LogP contribution in [0.25, 0.3) is 11.4 Å². The Morgan fingerprint density at radius 3 is 2.54 bits per heavy atom. The summed E-state index contributed by atoms with van der Waals surface area (Å²) in [5.74, 6) is 2.24. The van der Waals surface area contributed by atoms with Crippen molar-refractivity contribution in [3.8, 4) is 11.4 Å². The highest BCUT2D eigenvalue weighted by Crippen LogP contribution is 2.43. The van der Waals surface area contributed by atoms with Gasteiger partial charge < -0.3 is 4.52 Å². The second-order valence-electron chi connectivity index (χ2n) is 7.61. The SMILES string of the molecule is C[C@H](Sc1nnc(-c2ccncc2)n1C1CC1)c1nc(C(C)(C)C)no1. The van der Waals surface area contributed by atoms with Crippen LogP contribution in [0, 0.1) is 0 Å². The van der Waals surface area contributed by atoms with Gasteiger partial charge in [0.15, 0.2) is 16.8 Å². The number of thioether (sulfide) groups is 1. The van der Waals surface area contributed by atoms with Crippen molar-refractivity contribution in [3.05, 3.63) is 36.2 Å². The minimum absolute atomic E-state index is 0.00518. The van der Waals surface area contributed by atoms with E-state index in [-0.39, 0.29) is 10.7 Å². The number of hydrogen-bond acceptors (Lipinski definition) is 7. The van der Waals surface area contributed by atoms with Gasteiger partial charge in [0.2, 0.25) is 5.89 Å². The van der Waals surface area contributed by atoms with Crippen molar-refractivity contribution in [1.82, 2.24) is 29.9 Å². The predicted molar refractivity (Wildman–Crippen MR) is 98.8 cm³/mol. The molecule has 1 aliphatic carbocycles. The Labute approximate surface area is 156 Å². The van der Waals surface area contributed by atoms with Crippen LogP contribution in [0.2, 0.25) is 0 Å². The van der Waals surface area contributed by atoms with Crippen LogP contribution >= 0.6 is 11.8 Å². The summed E-state index contributed by atoms with van der Waals surface area (Å²) in [7, 11) is 0. The molecular weight excluding hydrogens is 348 g/mol. The second kappa shape index (κ2) is 6.50. The Morgan fingerprint density at radius 2 is 1.92 bits per heavy atom. The van der Waals surface area contributed by atoms with E-state index in [4.69, 9.17) is 4.52 Å². The van der Waals surface area contributed by atoms with Crippen molar-refractivity contribution in [2.75, 3.05) is 0 Å². The zero-order chi connectivity index (χ0) is 18.3. The summed E-state index contributed by atoms with van der Waals surface area (Å²) >= 11 is 1.61. The van der Waals surface area contributed by atoms with Crippen LogP contribution in [0.1, 0.15) is 63.5 Å². The molecule has 3 aromatic rings. The molecule has 1 atom stereocenters. The largest absolute Gasteiger partial charge is 0.338 e. The molecule has 0 N–H and O–H groups in total. The Kier molecular flexibility index (Phi) is 4.30. The van der Waals surface area contributed by atoms with Crippen molar-refractivity contribution in [2.24, 2.45) is 0 Å². The van der Waals surface area contributed by atoms with E-state index in [1.807, 2.05) is 12.1 Å². The van der Waals surface area contributed by atoms with Gasteiger partial charge >= 0.3 is 0 Å². The third-order valence-electron chi connectivity index (χ3n) is 4.26. The molecule has 1 fully saturated rings. The van der Waals surface area contributed by atoms with Crippen molar-refractivity contribution < 1.29 is 4.52 Å². The monoisotopic (exact) mass is 370 g/mol. The molecule has 0 amide bonds. The number of aromatic nitrogens is 6. The van der Waals surface area contributed by atoms with Crippen LogP contribution in [0.4, 0.5) is 0 Å². The average molecular weight is 370 g/mol. The average Bonchev–Trinajstić information content (AvgIpc) is 3.16. The van der Waals surface area contributed by atoms with Gasteiger partial charge in [0.25, 0.3) is 0 Å². The number of nitrogens with zero attached hydrogens (tertiary/aromatic N) is 6. The van der Waals surface area contributed by atoms with E-state index in [1.54, 1.807) is 24.2 Å². The molecule has 3 heterocycles. The van der Waals surface area contributed by atoms with Crippen LogP contribution in [-0.4, -0.2) is 29.9 Å². The molecule has 0 aromatic carbocycles. The standard InChI is InChI=1S/C18H22N6OS/c1-11(15-20-16(23-25-15)18(2,3)4)26-17-22-21-14(24(17)13-5-6-13)12-7-9-19-10-8-12/h7-11,13H,5-6H2,1-4H3/t11-/m0/s1. The van der Waals surface area contributed by atoms with Gasteiger partial charge in [-0.25, -0.2) is 0 Å². The van der Waals surface area contributed by atoms with Gasteiger partial charge in [0.05, 0.1) is 5.25 Å². The molecule has 0 spiro atoms. The normalized spacial score (nSPS) is 16.0. The highest BCUT2D eigenvalue weighted by molar-refractivity contribution is 7.99. The second-order valence-corrected chi connectivity index (χ2v) is 8.92. The third-order valence-corrected chi connectivity index (χ3v) is 5.30. The summed E-state index contributed by atoms with van der Waals surface area (Å²) in [6, 6.07) is 4.40. The van der Waals surface area contributed by atoms with E-state index in [9.17, 15) is 0 Å². The Balaban J connectivity index is 1.60. The van der Waals surface area contributed by atoms with E-state index >= 15 is 0 Å². The summed E-state index contributed by atoms with van der Waals surface area (Å²) < 4.78 is 7.72. The van der Waals surface area contributed by atoms with E-state index in [0.717, 1.165) is 35.2 Å². The molecule has 0 unspecified atom stereocenters. The first kappa shape index (κ1) is 17.2. The first-order valence-corrected chi connectivity index (χ1v) is 9.67. The molecule has 0 saturated heterocycles. The van der Waals surface area contributed by atoms with Gasteiger partial charge in [-0.15, -0.1) is 10.2 Å². The lowest BCUT2D eigenvalue weighted by Crippen LogP contribution is -2.13. The highest BCUT2D eigenvalue weighted by Gasteiger charge is 2.32. The van der Waals surface area contributed by atoms with Crippen molar-refractivity contribution in [3.63, 3.8) is 0 Å². The molecule has 0 bridgehead atoms. The fraction of sp³-hybridized carbons (Fsp3) is 0.500. The van der Waals surface area contributed by atoms with Crippen LogP contribution in [0.15, 0.2) is 34.2 Å². The topological polar surface area (TPSA) is 82.5 Å². The molecule has 26 heavy (non-hydrogen) atoms. The summed E-state index contributed by atoms with van der Waals surface area (Å²) in [5, 5.41) is 13.9. The van der Waals surface area contributed by atoms with E-state index in [1.165, 1.54) is 0 Å². The lowest BCUT2D eigenvalue weighted by Gasteiger charge is -2.12. The smallest absolute Gasteiger partial charge is 0.239 e. The summed E-state index contributed by atoms with van der Waals surface area (Å²) in [4.78, 5) is 8.66. The number of hydrogen-bond donors (Lipinski definition) is 0. The van der Waals surface area contributed by atoms with Crippen LogP contribution in [0.5, 0.6) is 0 Å². The fourth-order valence-electron chi connectivity index (χ4n) is 2.63. The van der Waals surface area contributed by atoms with Crippen molar-refractivity contribution in [2.45, 2.75) is 62.4 Å². The van der Waals surface area contributed by atoms with Gasteiger partial charge in [0, 0.05) is 29.4 Å². The molecule has 7 nitrogen and oxygen atoms in total. The Morgan fingerprint density at radius 1 is 1.19 bits per heavy atom. The molecule has 1 saturated carbocycles. The van der Waals surface area contributed by atoms with Gasteiger partial charge in [0.1, 0.15) is 0 Å². The molecule has 8 heteroatoms. The molecule has 0 radical (unpaired) electrons. The Hall–Kier alpha value is -2.22. The summed E-state index contributed by atoms with van der Waals surface area (Å²) in [6.45, 7) is 8.28. The fourth-order valence-corrected chi connectivity index (χ4v) is 3.58. The lowest BCUT2D eigenvalue weighted by atomic mass is 9.96. The van der Waals surface area contributed by atoms with Gasteiger partial charge in [-0.2, -0.15) is 4.98 Å². The van der Waals surface area contributed by atoms with E-state index in [0.29, 0.717) is 11.9 Å². The maximum absolute atomic E-state index is 5.48.